The second-order valence-corrected chi connectivity index (χ2v) is 9.84. The van der Waals surface area contributed by atoms with Gasteiger partial charge < -0.3 is 14.6 Å². The highest BCUT2D eigenvalue weighted by Gasteiger charge is 2.31. The zero-order valence-electron chi connectivity index (χ0n) is 11.6. The Hall–Kier alpha value is -0.553. The number of hydrogen-bond donors (Lipinski definition) is 1. The highest BCUT2D eigenvalue weighted by Crippen LogP contribution is 2.26. The Bertz CT molecular complexity index is 259. The minimum absolute atomic E-state index is 0.0890. The maximum Gasteiger partial charge on any atom is 0.317 e. The minimum Gasteiger partial charge on any atom is -0.417 e. The molecule has 0 radical (unpaired) electrons. The lowest BCUT2D eigenvalue weighted by atomic mass is 10.3. The summed E-state index contributed by atoms with van der Waals surface area (Å²) in [5.41, 5.74) is 0.586. The van der Waals surface area contributed by atoms with Crippen molar-refractivity contribution in [1.29, 1.82) is 0 Å². The number of carbonyl (C=O) groups is 1. The van der Waals surface area contributed by atoms with Crippen molar-refractivity contribution in [3.63, 3.8) is 0 Å². The zero-order chi connectivity index (χ0) is 12.9. The van der Waals surface area contributed by atoms with Crippen LogP contribution in [0.2, 0.25) is 18.6 Å². The first-order chi connectivity index (χ1) is 7.97. The zero-order valence-corrected chi connectivity index (χ0v) is 12.6. The molecule has 1 saturated heterocycles. The average molecular weight is 258 g/mol. The number of carbonyl (C=O) groups excluding carboxylic acids is 1. The maximum absolute atomic E-state index is 11.4. The summed E-state index contributed by atoms with van der Waals surface area (Å²) < 4.78 is 6.00. The lowest BCUT2D eigenvalue weighted by Crippen LogP contribution is -2.38. The van der Waals surface area contributed by atoms with Crippen LogP contribution in [0.3, 0.4) is 0 Å². The molecule has 5 heteroatoms. The van der Waals surface area contributed by atoms with E-state index in [0.29, 0.717) is 5.54 Å². The van der Waals surface area contributed by atoms with Crippen LogP contribution in [0.15, 0.2) is 0 Å². The van der Waals surface area contributed by atoms with Gasteiger partial charge in [0, 0.05) is 26.2 Å². The van der Waals surface area contributed by atoms with E-state index in [1.807, 2.05) is 4.90 Å². The lowest BCUT2D eigenvalue weighted by Gasteiger charge is -2.30. The van der Waals surface area contributed by atoms with Crippen LogP contribution in [-0.2, 0) is 4.43 Å². The molecule has 1 fully saturated rings. The van der Waals surface area contributed by atoms with Gasteiger partial charge >= 0.3 is 6.03 Å². The first-order valence-electron chi connectivity index (χ1n) is 6.64. The van der Waals surface area contributed by atoms with E-state index >= 15 is 0 Å². The highest BCUT2D eigenvalue weighted by atomic mass is 28.4. The van der Waals surface area contributed by atoms with Gasteiger partial charge in [-0.3, -0.25) is 0 Å². The molecule has 0 saturated carbocycles. The molecule has 0 bridgehead atoms. The molecule has 0 aliphatic carbocycles. The molecule has 0 aromatic carbocycles. The fourth-order valence-electron chi connectivity index (χ4n) is 1.93. The number of nitrogens with zero attached hydrogens (tertiary/aromatic N) is 1. The predicted octanol–water partition coefficient (Wildman–Crippen LogP) is 2.42. The van der Waals surface area contributed by atoms with Crippen LogP contribution in [0.4, 0.5) is 4.79 Å². The maximum atomic E-state index is 11.4. The van der Waals surface area contributed by atoms with E-state index in [0.717, 1.165) is 39.1 Å². The molecule has 17 heavy (non-hydrogen) atoms. The van der Waals surface area contributed by atoms with Gasteiger partial charge in [-0.25, -0.2) is 4.79 Å². The van der Waals surface area contributed by atoms with Gasteiger partial charge in [0.1, 0.15) is 0 Å². The van der Waals surface area contributed by atoms with Gasteiger partial charge in [0.25, 0.3) is 0 Å². The third-order valence-electron chi connectivity index (χ3n) is 3.64. The largest absolute Gasteiger partial charge is 0.417 e. The molecule has 1 heterocycles. The van der Waals surface area contributed by atoms with E-state index in [-0.39, 0.29) is 6.03 Å². The van der Waals surface area contributed by atoms with Crippen LogP contribution >= 0.6 is 0 Å². The van der Waals surface area contributed by atoms with Crippen molar-refractivity contribution in [1.82, 2.24) is 10.2 Å². The van der Waals surface area contributed by atoms with Crippen LogP contribution in [0.1, 0.15) is 26.7 Å². The molecule has 4 nitrogen and oxygen atoms in total. The Morgan fingerprint density at radius 1 is 1.53 bits per heavy atom. The number of urea groups is 1. The van der Waals surface area contributed by atoms with Crippen molar-refractivity contribution < 1.29 is 9.22 Å². The van der Waals surface area contributed by atoms with Crippen molar-refractivity contribution in [2.24, 2.45) is 0 Å². The van der Waals surface area contributed by atoms with Gasteiger partial charge in [-0.2, -0.15) is 0 Å². The summed E-state index contributed by atoms with van der Waals surface area (Å²) in [5.74, 6) is 0. The van der Waals surface area contributed by atoms with Gasteiger partial charge in [0.15, 0.2) is 8.32 Å². The predicted molar refractivity (Wildman–Crippen MR) is 72.7 cm³/mol. The molecule has 100 valence electrons. The number of amides is 2. The topological polar surface area (TPSA) is 41.6 Å². The van der Waals surface area contributed by atoms with Crippen molar-refractivity contribution in [3.05, 3.63) is 0 Å². The summed E-state index contributed by atoms with van der Waals surface area (Å²) in [6.07, 6.45) is 2.13. The molecule has 0 spiro atoms. The highest BCUT2D eigenvalue weighted by molar-refractivity contribution is 6.72. The smallest absolute Gasteiger partial charge is 0.317 e. The lowest BCUT2D eigenvalue weighted by molar-refractivity contribution is 0.216. The first kappa shape index (κ1) is 14.5. The molecule has 2 amide bonds. The molecule has 1 aliphatic heterocycles. The van der Waals surface area contributed by atoms with E-state index in [4.69, 9.17) is 4.43 Å². The van der Waals surface area contributed by atoms with Crippen LogP contribution in [-0.4, -0.2) is 45.5 Å². The van der Waals surface area contributed by atoms with Gasteiger partial charge in [-0.1, -0.05) is 13.8 Å². The van der Waals surface area contributed by atoms with E-state index in [2.05, 4.69) is 32.3 Å². The fourth-order valence-corrected chi connectivity index (χ4v) is 3.77. The molecule has 0 aromatic heterocycles. The molecule has 0 aromatic rings. The monoisotopic (exact) mass is 258 g/mol. The van der Waals surface area contributed by atoms with E-state index in [1.54, 1.807) is 0 Å². The number of rotatable bonds is 7. The molecule has 1 unspecified atom stereocenters. The molecular formula is C12H26N2O2Si. The van der Waals surface area contributed by atoms with Crippen molar-refractivity contribution in [2.75, 3.05) is 26.2 Å². The Kier molecular flexibility index (Phi) is 5.46. The summed E-state index contributed by atoms with van der Waals surface area (Å²) >= 11 is 0. The van der Waals surface area contributed by atoms with Gasteiger partial charge in [-0.05, 0) is 31.5 Å². The van der Waals surface area contributed by atoms with Crippen molar-refractivity contribution >= 4 is 14.3 Å². The average Bonchev–Trinajstić information content (AvgIpc) is 2.69. The number of nitrogens with one attached hydrogen (secondary N) is 1. The quantitative estimate of drug-likeness (QED) is 0.713. The first-order valence-corrected chi connectivity index (χ1v) is 9.62. The van der Waals surface area contributed by atoms with E-state index in [9.17, 15) is 4.79 Å². The second kappa shape index (κ2) is 6.40. The van der Waals surface area contributed by atoms with Crippen LogP contribution in [0.5, 0.6) is 0 Å². The molecule has 1 aliphatic rings. The fraction of sp³-hybridized carbons (Fsp3) is 0.917. The van der Waals surface area contributed by atoms with E-state index in [1.165, 1.54) is 0 Å². The van der Waals surface area contributed by atoms with Crippen LogP contribution in [0, 0.1) is 0 Å². The summed E-state index contributed by atoms with van der Waals surface area (Å²) in [4.78, 5) is 13.3. The summed E-state index contributed by atoms with van der Waals surface area (Å²) in [5, 5.41) is 2.83. The Balaban J connectivity index is 2.32. The minimum atomic E-state index is -1.58. The standard InChI is InChI=1S/C12H26N2O2Si/c1-5-10-16-17(3,4)11(2)6-8-14-9-7-13-12(14)15/h11H,5-10H2,1-4H3,(H,13,15). The van der Waals surface area contributed by atoms with Crippen molar-refractivity contribution in [3.8, 4) is 0 Å². The Morgan fingerprint density at radius 3 is 2.76 bits per heavy atom. The third kappa shape index (κ3) is 4.31. The number of hydrogen-bond acceptors (Lipinski definition) is 2. The van der Waals surface area contributed by atoms with E-state index < -0.39 is 8.32 Å². The summed E-state index contributed by atoms with van der Waals surface area (Å²) in [6, 6.07) is 0.0890. The van der Waals surface area contributed by atoms with Gasteiger partial charge in [0.05, 0.1) is 0 Å². The second-order valence-electron chi connectivity index (χ2n) is 5.36. The Morgan fingerprint density at radius 2 is 2.24 bits per heavy atom. The van der Waals surface area contributed by atoms with Gasteiger partial charge in [-0.15, -0.1) is 0 Å². The van der Waals surface area contributed by atoms with Crippen LogP contribution < -0.4 is 5.32 Å². The SMILES string of the molecule is CCCO[Si](C)(C)C(C)CCN1CCNC1=O. The molecular weight excluding hydrogens is 232 g/mol. The third-order valence-corrected chi connectivity index (χ3v) is 7.25. The molecule has 1 N–H and O–H groups in total. The summed E-state index contributed by atoms with van der Waals surface area (Å²) in [7, 11) is -1.58. The molecule has 1 atom stereocenters. The van der Waals surface area contributed by atoms with Crippen molar-refractivity contribution in [2.45, 2.75) is 45.3 Å². The summed E-state index contributed by atoms with van der Waals surface area (Å²) in [6.45, 7) is 12.3. The Labute approximate surface area is 106 Å². The normalized spacial score (nSPS) is 18.4. The van der Waals surface area contributed by atoms with Crippen LogP contribution in [0.25, 0.3) is 0 Å². The van der Waals surface area contributed by atoms with Gasteiger partial charge in [0.2, 0.25) is 0 Å². The molecule has 1 rings (SSSR count).